The first-order valence-electron chi connectivity index (χ1n) is 36.6. The maximum Gasteiger partial charge on any atom is -0.0105 e. The van der Waals surface area contributed by atoms with Gasteiger partial charge in [0.05, 0.1) is 0 Å². The standard InChI is InChI=1S/C42H28.2C32H22/c1-3-11-39-32(7-1)9-5-13-41(39)34-21-15-29(16-22-34)36-25-19-31-20-26-37(28-38(31)27-36)30-17-23-35(24-18-30)42-14-6-10-33-8-2-4-12-40(33)42;1-3-17-29-23(9-1)11-7-19-31(29)27-15-5-13-25(21-27)26-14-6-16-28(22-26)32-20-8-12-24-10-2-4-18-30(24)32;1-3-11-29-25(7-1)9-5-13-31(29)27-19-15-23(16-20-27)24-17-21-28(22-18-24)32-14-6-10-26-8-2-4-12-30(26)32/h1-28H;2*1-22H. The molecule has 106 heavy (non-hydrogen) atoms. The highest BCUT2D eigenvalue weighted by Crippen LogP contribution is 2.40. The van der Waals surface area contributed by atoms with Crippen molar-refractivity contribution in [1.29, 1.82) is 0 Å². The Bertz CT molecular complexity index is 6170. The number of hydrogen-bond donors (Lipinski definition) is 0. The SMILES string of the molecule is c1cc(-c2cccc(-c3cccc4ccccc34)c2)cc(-c2cccc3ccccc23)c1.c1ccc2c(-c3ccc(-c4ccc(-c5cccc6ccccc56)cc4)cc3)cccc2c1.c1ccc2c(-c3ccc(-c4ccc5ccc(-c6ccc(-c7cccc8ccccc78)cc6)cc5c4)cc3)cccc2c1. The Morgan fingerprint density at radius 3 is 0.528 bits per heavy atom. The molecule has 0 heterocycles. The molecule has 0 heteroatoms. The molecule has 0 radical (unpaired) electrons. The summed E-state index contributed by atoms with van der Waals surface area (Å²) in [5.74, 6) is 0. The number of fused-ring (bicyclic) bond motifs is 7. The van der Waals surface area contributed by atoms with E-state index in [2.05, 4.69) is 437 Å². The Kier molecular flexibility index (Phi) is 17.6. The molecule has 0 N–H and O–H groups in total. The minimum atomic E-state index is 1.23. The molecule has 0 aliphatic rings. The zero-order valence-electron chi connectivity index (χ0n) is 58.6. The molecular weight excluding hydrogens is 1270 g/mol. The highest BCUT2D eigenvalue weighted by Gasteiger charge is 2.13. The fourth-order valence-corrected chi connectivity index (χ4v) is 15.6. The van der Waals surface area contributed by atoms with Gasteiger partial charge in [0.1, 0.15) is 0 Å². The second-order valence-electron chi connectivity index (χ2n) is 27.4. The summed E-state index contributed by atoms with van der Waals surface area (Å²) in [6.45, 7) is 0. The van der Waals surface area contributed by atoms with Gasteiger partial charge in [0.25, 0.3) is 0 Å². The molecule has 0 aromatic heterocycles. The summed E-state index contributed by atoms with van der Waals surface area (Å²) >= 11 is 0. The summed E-state index contributed by atoms with van der Waals surface area (Å²) in [7, 11) is 0. The van der Waals surface area contributed by atoms with Crippen molar-refractivity contribution in [2.45, 2.75) is 0 Å². The van der Waals surface area contributed by atoms with E-state index in [1.165, 1.54) is 187 Å². The lowest BCUT2D eigenvalue weighted by molar-refractivity contribution is 1.59. The molecule has 0 aliphatic carbocycles. The van der Waals surface area contributed by atoms with Crippen LogP contribution in [-0.2, 0) is 0 Å². The molecule has 0 nitrogen and oxygen atoms in total. The van der Waals surface area contributed by atoms with Crippen LogP contribution in [0.3, 0.4) is 0 Å². The van der Waals surface area contributed by atoms with Gasteiger partial charge in [-0.25, -0.2) is 0 Å². The van der Waals surface area contributed by atoms with Crippen molar-refractivity contribution in [3.05, 3.63) is 437 Å². The van der Waals surface area contributed by atoms with Gasteiger partial charge < -0.3 is 0 Å². The van der Waals surface area contributed by atoms with Gasteiger partial charge in [-0.15, -0.1) is 0 Å². The summed E-state index contributed by atoms with van der Waals surface area (Å²) in [6, 6.07) is 158. The van der Waals surface area contributed by atoms with Crippen molar-refractivity contribution in [1.82, 2.24) is 0 Å². The molecule has 20 aromatic carbocycles. The fraction of sp³-hybridized carbons (Fsp3) is 0. The van der Waals surface area contributed by atoms with Crippen LogP contribution in [0.5, 0.6) is 0 Å². The Morgan fingerprint density at radius 1 is 0.0849 bits per heavy atom. The van der Waals surface area contributed by atoms with Crippen molar-refractivity contribution in [3.63, 3.8) is 0 Å². The van der Waals surface area contributed by atoms with Gasteiger partial charge in [0.2, 0.25) is 0 Å². The third-order valence-corrected chi connectivity index (χ3v) is 21.0. The summed E-state index contributed by atoms with van der Waals surface area (Å²) in [5.41, 5.74) is 25.0. The first-order chi connectivity index (χ1) is 52.5. The van der Waals surface area contributed by atoms with Crippen LogP contribution in [-0.4, -0.2) is 0 Å². The smallest absolute Gasteiger partial charge is 0.0105 e. The molecular formula is C106H72. The molecule has 0 amide bonds. The predicted molar refractivity (Wildman–Crippen MR) is 456 cm³/mol. The van der Waals surface area contributed by atoms with Gasteiger partial charge in [-0.2, -0.15) is 0 Å². The second kappa shape index (κ2) is 28.9. The molecule has 0 saturated heterocycles. The number of rotatable bonds is 10. The monoisotopic (exact) mass is 1340 g/mol. The normalized spacial score (nSPS) is 11.2. The van der Waals surface area contributed by atoms with Crippen LogP contribution in [0.1, 0.15) is 0 Å². The van der Waals surface area contributed by atoms with E-state index in [0.29, 0.717) is 0 Å². The Balaban J connectivity index is 0.000000114. The van der Waals surface area contributed by atoms with Crippen LogP contribution in [0, 0.1) is 0 Å². The van der Waals surface area contributed by atoms with E-state index in [1.54, 1.807) is 0 Å². The maximum absolute atomic E-state index is 2.32. The molecule has 0 spiro atoms. The van der Waals surface area contributed by atoms with Gasteiger partial charge in [0, 0.05) is 0 Å². The second-order valence-corrected chi connectivity index (χ2v) is 27.4. The first-order valence-corrected chi connectivity index (χ1v) is 36.6. The minimum Gasteiger partial charge on any atom is -0.0616 e. The lowest BCUT2D eigenvalue weighted by Crippen LogP contribution is -1.85. The number of hydrogen-bond acceptors (Lipinski definition) is 0. The van der Waals surface area contributed by atoms with E-state index < -0.39 is 0 Å². The zero-order chi connectivity index (χ0) is 70.5. The quantitative estimate of drug-likeness (QED) is 0.128. The van der Waals surface area contributed by atoms with E-state index >= 15 is 0 Å². The van der Waals surface area contributed by atoms with E-state index in [1.807, 2.05) is 0 Å². The zero-order valence-corrected chi connectivity index (χ0v) is 58.6. The topological polar surface area (TPSA) is 0 Å². The molecule has 496 valence electrons. The van der Waals surface area contributed by atoms with Crippen molar-refractivity contribution >= 4 is 75.4 Å². The molecule has 0 saturated carbocycles. The first kappa shape index (κ1) is 64.3. The molecule has 0 fully saturated rings. The molecule has 0 atom stereocenters. The largest absolute Gasteiger partial charge is 0.0616 e. The Morgan fingerprint density at radius 2 is 0.264 bits per heavy atom. The van der Waals surface area contributed by atoms with E-state index in [9.17, 15) is 0 Å². The summed E-state index contributed by atoms with van der Waals surface area (Å²) in [5, 5.41) is 17.9. The highest BCUT2D eigenvalue weighted by molar-refractivity contribution is 6.03. The van der Waals surface area contributed by atoms with Gasteiger partial charge in [-0.1, -0.05) is 413 Å². The molecule has 0 aliphatic heterocycles. The average Bonchev–Trinajstić information content (AvgIpc) is 0.813. The van der Waals surface area contributed by atoms with Crippen LogP contribution in [0.15, 0.2) is 437 Å². The number of benzene rings is 20. The summed E-state index contributed by atoms with van der Waals surface area (Å²) < 4.78 is 0. The van der Waals surface area contributed by atoms with Crippen LogP contribution in [0.2, 0.25) is 0 Å². The Hall–Kier alpha value is -13.8. The molecule has 20 rings (SSSR count). The van der Waals surface area contributed by atoms with Gasteiger partial charge >= 0.3 is 0 Å². The van der Waals surface area contributed by atoms with Crippen molar-refractivity contribution < 1.29 is 0 Å². The van der Waals surface area contributed by atoms with Crippen LogP contribution in [0.25, 0.3) is 187 Å². The Labute approximate surface area is 619 Å². The summed E-state index contributed by atoms with van der Waals surface area (Å²) in [6.07, 6.45) is 0. The van der Waals surface area contributed by atoms with Crippen LogP contribution < -0.4 is 0 Å². The third kappa shape index (κ3) is 13.1. The third-order valence-electron chi connectivity index (χ3n) is 21.0. The average molecular weight is 1350 g/mol. The van der Waals surface area contributed by atoms with E-state index in [0.717, 1.165) is 0 Å². The molecule has 0 bridgehead atoms. The van der Waals surface area contributed by atoms with E-state index in [4.69, 9.17) is 0 Å². The van der Waals surface area contributed by atoms with Crippen LogP contribution >= 0.6 is 0 Å². The lowest BCUT2D eigenvalue weighted by atomic mass is 9.93. The van der Waals surface area contributed by atoms with Crippen molar-refractivity contribution in [3.8, 4) is 111 Å². The molecule has 0 unspecified atom stereocenters. The fourth-order valence-electron chi connectivity index (χ4n) is 15.6. The lowest BCUT2D eigenvalue weighted by Gasteiger charge is -2.11. The van der Waals surface area contributed by atoms with Crippen molar-refractivity contribution in [2.75, 3.05) is 0 Å². The summed E-state index contributed by atoms with van der Waals surface area (Å²) in [4.78, 5) is 0. The minimum absolute atomic E-state index is 1.23. The highest BCUT2D eigenvalue weighted by atomic mass is 14.2. The van der Waals surface area contributed by atoms with Gasteiger partial charge in [-0.3, -0.25) is 0 Å². The van der Waals surface area contributed by atoms with Gasteiger partial charge in [-0.05, 0) is 211 Å². The maximum atomic E-state index is 2.32. The van der Waals surface area contributed by atoms with E-state index in [-0.39, 0.29) is 0 Å². The molecule has 20 aromatic rings. The van der Waals surface area contributed by atoms with Crippen LogP contribution in [0.4, 0.5) is 0 Å². The van der Waals surface area contributed by atoms with Gasteiger partial charge in [0.15, 0.2) is 0 Å². The predicted octanol–water partition coefficient (Wildman–Crippen LogP) is 29.8. The van der Waals surface area contributed by atoms with Crippen molar-refractivity contribution in [2.24, 2.45) is 0 Å².